The number of fused-ring (bicyclic) bond motifs is 1. The van der Waals surface area contributed by atoms with Crippen LogP contribution in [-0.2, 0) is 11.2 Å². The first-order chi connectivity index (χ1) is 11.2. The molecule has 0 aliphatic carbocycles. The summed E-state index contributed by atoms with van der Waals surface area (Å²) < 4.78 is 6.05. The van der Waals surface area contributed by atoms with E-state index < -0.39 is 0 Å². The van der Waals surface area contributed by atoms with E-state index in [0.29, 0.717) is 0 Å². The molecule has 1 unspecified atom stereocenters. The van der Waals surface area contributed by atoms with Gasteiger partial charge >= 0.3 is 0 Å². The summed E-state index contributed by atoms with van der Waals surface area (Å²) in [5, 5.41) is 0. The number of hydrogen-bond donors (Lipinski definition) is 0. The van der Waals surface area contributed by atoms with E-state index in [-0.39, 0.29) is 6.10 Å². The lowest BCUT2D eigenvalue weighted by Gasteiger charge is -2.27. The highest BCUT2D eigenvalue weighted by atomic mass is 16.5. The number of hydrogen-bond acceptors (Lipinski definition) is 2. The zero-order chi connectivity index (χ0) is 16.2. The van der Waals surface area contributed by atoms with Gasteiger partial charge < -0.3 is 9.64 Å². The van der Waals surface area contributed by atoms with E-state index in [0.717, 1.165) is 25.3 Å². The molecule has 3 heteroatoms. The topological polar surface area (TPSA) is 24.8 Å². The molecule has 0 bridgehead atoms. The quantitative estimate of drug-likeness (QED) is 0.622. The molecule has 1 heterocycles. The van der Waals surface area contributed by atoms with E-state index in [9.17, 15) is 0 Å². The van der Waals surface area contributed by atoms with Gasteiger partial charge in [0, 0.05) is 13.6 Å². The average Bonchev–Trinajstić information content (AvgIpc) is 2.60. The third kappa shape index (κ3) is 3.45. The van der Waals surface area contributed by atoms with E-state index in [1.807, 2.05) is 19.5 Å². The predicted octanol–water partition coefficient (Wildman–Crippen LogP) is 4.27. The predicted molar refractivity (Wildman–Crippen MR) is 95.6 cm³/mol. The average molecular weight is 308 g/mol. The Kier molecular flexibility index (Phi) is 4.77. The zero-order valence-corrected chi connectivity index (χ0v) is 14.1. The Bertz CT molecular complexity index is 694. The summed E-state index contributed by atoms with van der Waals surface area (Å²) >= 11 is 0. The molecule has 2 aromatic rings. The number of aryl methyl sites for hydroxylation is 1. The second kappa shape index (κ2) is 6.97. The van der Waals surface area contributed by atoms with Gasteiger partial charge in [0.2, 0.25) is 0 Å². The van der Waals surface area contributed by atoms with E-state index >= 15 is 0 Å². The van der Waals surface area contributed by atoms with E-state index in [4.69, 9.17) is 4.74 Å². The van der Waals surface area contributed by atoms with Crippen LogP contribution in [0.5, 0.6) is 0 Å². The molecule has 0 radical (unpaired) electrons. The number of aliphatic imine (C=N–C) groups is 1. The minimum absolute atomic E-state index is 0.0370. The van der Waals surface area contributed by atoms with Crippen LogP contribution in [0.2, 0.25) is 0 Å². The van der Waals surface area contributed by atoms with Crippen molar-refractivity contribution < 1.29 is 4.74 Å². The summed E-state index contributed by atoms with van der Waals surface area (Å²) in [7, 11) is 2.04. The first-order valence-corrected chi connectivity index (χ1v) is 8.23. The molecule has 1 atom stereocenters. The number of rotatable bonds is 4. The first kappa shape index (κ1) is 15.8. The molecule has 0 saturated carbocycles. The fourth-order valence-corrected chi connectivity index (χ4v) is 2.88. The highest BCUT2D eigenvalue weighted by Crippen LogP contribution is 2.36. The summed E-state index contributed by atoms with van der Waals surface area (Å²) in [6, 6.07) is 14.9. The van der Waals surface area contributed by atoms with Gasteiger partial charge in [0.05, 0.1) is 18.6 Å². The van der Waals surface area contributed by atoms with Gasteiger partial charge in [-0.3, -0.25) is 0 Å². The fourth-order valence-electron chi connectivity index (χ4n) is 2.88. The first-order valence-electron chi connectivity index (χ1n) is 8.23. The molecule has 0 aromatic heterocycles. The van der Waals surface area contributed by atoms with Crippen LogP contribution in [0.1, 0.15) is 35.3 Å². The standard InChI is InChI=1S/C20H24N2O/c1-4-22(3)14-21-19-13-17-10-11-23-20(18(17)12-15(19)2)16-8-6-5-7-9-16/h5-9,12-14,20H,4,10-11H2,1-3H3/b21-14+. The molecule has 2 aromatic carbocycles. The Balaban J connectivity index is 1.96. The minimum Gasteiger partial charge on any atom is -0.368 e. The zero-order valence-electron chi connectivity index (χ0n) is 14.1. The molecule has 0 saturated heterocycles. The van der Waals surface area contributed by atoms with Crippen LogP contribution in [0.3, 0.4) is 0 Å². The van der Waals surface area contributed by atoms with Crippen molar-refractivity contribution in [1.29, 1.82) is 0 Å². The number of nitrogens with zero attached hydrogens (tertiary/aromatic N) is 2. The third-order valence-electron chi connectivity index (χ3n) is 4.39. The van der Waals surface area contributed by atoms with Crippen LogP contribution in [0.4, 0.5) is 5.69 Å². The van der Waals surface area contributed by atoms with Crippen LogP contribution in [0.15, 0.2) is 47.5 Å². The molecule has 3 nitrogen and oxygen atoms in total. The second-order valence-corrected chi connectivity index (χ2v) is 6.07. The van der Waals surface area contributed by atoms with Gasteiger partial charge in [-0.25, -0.2) is 4.99 Å². The van der Waals surface area contributed by atoms with Gasteiger partial charge in [-0.05, 0) is 48.6 Å². The van der Waals surface area contributed by atoms with Crippen LogP contribution in [-0.4, -0.2) is 31.4 Å². The van der Waals surface area contributed by atoms with Gasteiger partial charge in [-0.15, -0.1) is 0 Å². The van der Waals surface area contributed by atoms with Crippen LogP contribution in [0, 0.1) is 6.92 Å². The van der Waals surface area contributed by atoms with Gasteiger partial charge in [-0.1, -0.05) is 36.4 Å². The Morgan fingerprint density at radius 1 is 1.26 bits per heavy atom. The monoisotopic (exact) mass is 308 g/mol. The Labute approximate surface area is 138 Å². The summed E-state index contributed by atoms with van der Waals surface area (Å²) in [4.78, 5) is 6.72. The maximum absolute atomic E-state index is 6.05. The molecule has 0 N–H and O–H groups in total. The Hall–Kier alpha value is -2.13. The Morgan fingerprint density at radius 3 is 2.78 bits per heavy atom. The van der Waals surface area contributed by atoms with Gasteiger partial charge in [-0.2, -0.15) is 0 Å². The highest BCUT2D eigenvalue weighted by molar-refractivity contribution is 5.64. The smallest absolute Gasteiger partial charge is 0.108 e. The summed E-state index contributed by atoms with van der Waals surface area (Å²) in [5.41, 5.74) is 6.09. The number of benzene rings is 2. The minimum atomic E-state index is 0.0370. The summed E-state index contributed by atoms with van der Waals surface area (Å²) in [5.74, 6) is 0. The molecule has 3 rings (SSSR count). The lowest BCUT2D eigenvalue weighted by molar-refractivity contribution is 0.0698. The van der Waals surface area contributed by atoms with Gasteiger partial charge in [0.1, 0.15) is 6.10 Å². The van der Waals surface area contributed by atoms with Crippen molar-refractivity contribution in [3.63, 3.8) is 0 Å². The summed E-state index contributed by atoms with van der Waals surface area (Å²) in [6.45, 7) is 5.95. The van der Waals surface area contributed by atoms with Crippen LogP contribution >= 0.6 is 0 Å². The molecule has 23 heavy (non-hydrogen) atoms. The highest BCUT2D eigenvalue weighted by Gasteiger charge is 2.23. The second-order valence-electron chi connectivity index (χ2n) is 6.07. The van der Waals surface area contributed by atoms with Crippen molar-refractivity contribution in [2.45, 2.75) is 26.4 Å². The maximum Gasteiger partial charge on any atom is 0.108 e. The molecular weight excluding hydrogens is 284 g/mol. The lowest BCUT2D eigenvalue weighted by atomic mass is 9.91. The van der Waals surface area contributed by atoms with Gasteiger partial charge in [0.15, 0.2) is 0 Å². The maximum atomic E-state index is 6.05. The van der Waals surface area contributed by atoms with Gasteiger partial charge in [0.25, 0.3) is 0 Å². The molecule has 0 fully saturated rings. The molecule has 1 aliphatic rings. The third-order valence-corrected chi connectivity index (χ3v) is 4.39. The van der Waals surface area contributed by atoms with E-state index in [1.54, 1.807) is 0 Å². The SMILES string of the molecule is CCN(C)/C=N/c1cc2c(cc1C)C(c1ccccc1)OCC2. The number of ether oxygens (including phenoxy) is 1. The van der Waals surface area contributed by atoms with Crippen molar-refractivity contribution in [3.8, 4) is 0 Å². The largest absolute Gasteiger partial charge is 0.368 e. The lowest BCUT2D eigenvalue weighted by Crippen LogP contribution is -2.17. The van der Waals surface area contributed by atoms with Crippen LogP contribution in [0.25, 0.3) is 0 Å². The van der Waals surface area contributed by atoms with Crippen molar-refractivity contribution in [2.24, 2.45) is 4.99 Å². The molecule has 120 valence electrons. The normalized spacial score (nSPS) is 17.3. The molecule has 0 spiro atoms. The van der Waals surface area contributed by atoms with E-state index in [1.165, 1.54) is 22.3 Å². The van der Waals surface area contributed by atoms with Crippen molar-refractivity contribution >= 4 is 12.0 Å². The summed E-state index contributed by atoms with van der Waals surface area (Å²) in [6.07, 6.45) is 2.89. The van der Waals surface area contributed by atoms with E-state index in [2.05, 4.69) is 60.1 Å². The van der Waals surface area contributed by atoms with Crippen LogP contribution < -0.4 is 0 Å². The molecule has 0 amide bonds. The van der Waals surface area contributed by atoms with Crippen molar-refractivity contribution in [1.82, 2.24) is 4.90 Å². The molecule has 1 aliphatic heterocycles. The van der Waals surface area contributed by atoms with Crippen molar-refractivity contribution in [2.75, 3.05) is 20.2 Å². The fraction of sp³-hybridized carbons (Fsp3) is 0.350. The Morgan fingerprint density at radius 2 is 2.04 bits per heavy atom. The van der Waals surface area contributed by atoms with Crippen molar-refractivity contribution in [3.05, 3.63) is 64.7 Å². The molecular formula is C20H24N2O.